The Balaban J connectivity index is 1.99. The molecule has 0 aromatic rings. The van der Waals surface area contributed by atoms with E-state index in [4.69, 9.17) is 9.47 Å². The van der Waals surface area contributed by atoms with Gasteiger partial charge in [-0.05, 0) is 38.5 Å². The van der Waals surface area contributed by atoms with Gasteiger partial charge in [-0.25, -0.2) is 0 Å². The SMILES string of the molecule is COCCN(CCOC)[P+](N1CCCCC1)(N1CCCCC1)N1CCCCC1. The minimum Gasteiger partial charge on any atom is -0.383 e. The van der Waals surface area contributed by atoms with Crippen molar-refractivity contribution >= 4 is 7.87 Å². The van der Waals surface area contributed by atoms with Gasteiger partial charge in [-0.1, -0.05) is 19.3 Å². The van der Waals surface area contributed by atoms with Crippen LogP contribution in [0.4, 0.5) is 0 Å². The molecule has 0 radical (unpaired) electrons. The first-order valence-corrected chi connectivity index (χ1v) is 13.3. The molecule has 3 saturated heterocycles. The lowest BCUT2D eigenvalue weighted by molar-refractivity contribution is 0.126. The van der Waals surface area contributed by atoms with E-state index in [0.29, 0.717) is 0 Å². The molecule has 0 amide bonds. The molecule has 7 heteroatoms. The second-order valence-corrected chi connectivity index (χ2v) is 11.9. The molecule has 6 nitrogen and oxygen atoms in total. The second-order valence-electron chi connectivity index (χ2n) is 8.52. The molecule has 3 rings (SSSR count). The van der Waals surface area contributed by atoms with Crippen LogP contribution >= 0.6 is 7.87 Å². The maximum absolute atomic E-state index is 5.59. The standard InChI is InChI=1S/C21H44N4O2P/c1-26-20-18-25(19-21-27-2)28(22-12-6-3-7-13-22,23-14-8-4-9-15-23)24-16-10-5-11-17-24/h3-21H2,1-2H3/q+1. The van der Waals surface area contributed by atoms with Gasteiger partial charge >= 0.3 is 7.87 Å². The smallest absolute Gasteiger partial charge is 0.308 e. The van der Waals surface area contributed by atoms with Crippen LogP contribution in [0.2, 0.25) is 0 Å². The fourth-order valence-electron chi connectivity index (χ4n) is 5.28. The first-order chi connectivity index (χ1) is 13.8. The van der Waals surface area contributed by atoms with Gasteiger partial charge in [-0.3, -0.25) is 0 Å². The van der Waals surface area contributed by atoms with Crippen molar-refractivity contribution < 1.29 is 9.47 Å². The summed E-state index contributed by atoms with van der Waals surface area (Å²) in [6.45, 7) is 11.2. The molecule has 0 atom stereocenters. The van der Waals surface area contributed by atoms with Gasteiger partial charge in [0.15, 0.2) is 0 Å². The van der Waals surface area contributed by atoms with Gasteiger partial charge < -0.3 is 9.47 Å². The number of nitrogens with zero attached hydrogens (tertiary/aromatic N) is 4. The highest BCUT2D eigenvalue weighted by atomic mass is 31.2. The van der Waals surface area contributed by atoms with Crippen LogP contribution in [0.3, 0.4) is 0 Å². The summed E-state index contributed by atoms with van der Waals surface area (Å²) in [5.74, 6) is 0. The summed E-state index contributed by atoms with van der Waals surface area (Å²) in [6.07, 6.45) is 12.3. The molecule has 3 heterocycles. The summed E-state index contributed by atoms with van der Waals surface area (Å²) < 4.78 is 22.8. The maximum atomic E-state index is 5.59. The molecular formula is C21H44N4O2P+. The minimum absolute atomic E-state index is 0.807. The fraction of sp³-hybridized carbons (Fsp3) is 1.00. The van der Waals surface area contributed by atoms with Crippen molar-refractivity contribution in [3.8, 4) is 0 Å². The van der Waals surface area contributed by atoms with Gasteiger partial charge in [-0.2, -0.15) is 0 Å². The van der Waals surface area contributed by atoms with Crippen LogP contribution in [0.1, 0.15) is 57.8 Å². The highest BCUT2D eigenvalue weighted by molar-refractivity contribution is 7.66. The zero-order chi connectivity index (χ0) is 19.7. The van der Waals surface area contributed by atoms with Gasteiger partial charge in [0.1, 0.15) is 0 Å². The van der Waals surface area contributed by atoms with Crippen molar-refractivity contribution in [2.24, 2.45) is 0 Å². The van der Waals surface area contributed by atoms with E-state index in [-0.39, 0.29) is 0 Å². The van der Waals surface area contributed by atoms with Crippen LogP contribution in [0.25, 0.3) is 0 Å². The lowest BCUT2D eigenvalue weighted by atomic mass is 10.2. The van der Waals surface area contributed by atoms with E-state index in [9.17, 15) is 0 Å². The number of hydrogen-bond acceptors (Lipinski definition) is 6. The molecule has 3 aliphatic rings. The highest BCUT2D eigenvalue weighted by Gasteiger charge is 2.61. The zero-order valence-corrected chi connectivity index (χ0v) is 19.4. The monoisotopic (exact) mass is 415 g/mol. The number of hydrogen-bond donors (Lipinski definition) is 0. The molecule has 0 spiro atoms. The molecule has 0 aromatic carbocycles. The Morgan fingerprint density at radius 3 is 1.18 bits per heavy atom. The predicted octanol–water partition coefficient (Wildman–Crippen LogP) is 3.72. The van der Waals surface area contributed by atoms with Crippen LogP contribution < -0.4 is 0 Å². The highest BCUT2D eigenvalue weighted by Crippen LogP contribution is 2.71. The molecule has 0 aliphatic carbocycles. The number of methoxy groups -OCH3 is 2. The number of piperidine rings is 3. The van der Waals surface area contributed by atoms with E-state index in [2.05, 4.69) is 18.7 Å². The average Bonchev–Trinajstić information content (AvgIpc) is 2.78. The molecular weight excluding hydrogens is 371 g/mol. The zero-order valence-electron chi connectivity index (χ0n) is 18.5. The van der Waals surface area contributed by atoms with Crippen molar-refractivity contribution in [3.05, 3.63) is 0 Å². The minimum atomic E-state index is -1.72. The summed E-state index contributed by atoms with van der Waals surface area (Å²) >= 11 is 0. The largest absolute Gasteiger partial charge is 0.383 e. The van der Waals surface area contributed by atoms with Gasteiger partial charge in [0.25, 0.3) is 0 Å². The normalized spacial score (nSPS) is 24.1. The lowest BCUT2D eigenvalue weighted by Crippen LogP contribution is -2.57. The molecule has 0 N–H and O–H groups in total. The first kappa shape index (κ1) is 22.9. The summed E-state index contributed by atoms with van der Waals surface area (Å²) in [5, 5.41) is 0. The van der Waals surface area contributed by atoms with Crippen molar-refractivity contribution in [2.75, 3.05) is 79.8 Å². The van der Waals surface area contributed by atoms with Crippen LogP contribution in [0, 0.1) is 0 Å². The predicted molar refractivity (Wildman–Crippen MR) is 119 cm³/mol. The maximum Gasteiger partial charge on any atom is 0.308 e. The van der Waals surface area contributed by atoms with Crippen LogP contribution in [0.15, 0.2) is 0 Å². The summed E-state index contributed by atoms with van der Waals surface area (Å²) in [5.41, 5.74) is 0. The van der Waals surface area contributed by atoms with Crippen LogP contribution in [0.5, 0.6) is 0 Å². The molecule has 3 aliphatic heterocycles. The van der Waals surface area contributed by atoms with E-state index in [1.165, 1.54) is 97.1 Å². The van der Waals surface area contributed by atoms with E-state index < -0.39 is 7.87 Å². The Bertz CT molecular complexity index is 371. The summed E-state index contributed by atoms with van der Waals surface area (Å²) in [6, 6.07) is 0. The van der Waals surface area contributed by atoms with Crippen LogP contribution in [-0.4, -0.2) is 98.5 Å². The van der Waals surface area contributed by atoms with Crippen LogP contribution in [-0.2, 0) is 9.47 Å². The molecule has 164 valence electrons. The number of ether oxygens (including phenoxy) is 2. The quantitative estimate of drug-likeness (QED) is 0.506. The third kappa shape index (κ3) is 5.26. The second kappa shape index (κ2) is 12.1. The third-order valence-electron chi connectivity index (χ3n) is 6.62. The Hall–Kier alpha value is 0.190. The lowest BCUT2D eigenvalue weighted by Gasteiger charge is -2.53. The summed E-state index contributed by atoms with van der Waals surface area (Å²) in [7, 11) is 1.97. The van der Waals surface area contributed by atoms with Crippen molar-refractivity contribution in [1.82, 2.24) is 18.7 Å². The Morgan fingerprint density at radius 2 is 0.893 bits per heavy atom. The first-order valence-electron chi connectivity index (χ1n) is 11.7. The van der Waals surface area contributed by atoms with Gasteiger partial charge in [0.2, 0.25) is 0 Å². The molecule has 28 heavy (non-hydrogen) atoms. The molecule has 0 bridgehead atoms. The van der Waals surface area contributed by atoms with Gasteiger partial charge in [0.05, 0.1) is 26.3 Å². The fourth-order valence-corrected chi connectivity index (χ4v) is 10.6. The van der Waals surface area contributed by atoms with Crippen molar-refractivity contribution in [3.63, 3.8) is 0 Å². The van der Waals surface area contributed by atoms with E-state index in [1.807, 2.05) is 14.2 Å². The Labute approximate surface area is 174 Å². The van der Waals surface area contributed by atoms with Gasteiger partial charge in [-0.15, -0.1) is 18.7 Å². The van der Waals surface area contributed by atoms with E-state index in [0.717, 1.165) is 26.3 Å². The topological polar surface area (TPSA) is 31.4 Å². The van der Waals surface area contributed by atoms with Gasteiger partial charge in [0, 0.05) is 53.5 Å². The van der Waals surface area contributed by atoms with Crippen molar-refractivity contribution in [2.45, 2.75) is 57.8 Å². The molecule has 3 fully saturated rings. The third-order valence-corrected chi connectivity index (χ3v) is 11.3. The van der Waals surface area contributed by atoms with Crippen molar-refractivity contribution in [1.29, 1.82) is 0 Å². The molecule has 0 saturated carbocycles. The Morgan fingerprint density at radius 1 is 0.571 bits per heavy atom. The number of rotatable bonds is 10. The molecule has 0 unspecified atom stereocenters. The Kier molecular flexibility index (Phi) is 9.92. The van der Waals surface area contributed by atoms with E-state index in [1.54, 1.807) is 0 Å². The average molecular weight is 416 g/mol. The molecule has 0 aromatic heterocycles. The van der Waals surface area contributed by atoms with E-state index >= 15 is 0 Å². The summed E-state index contributed by atoms with van der Waals surface area (Å²) in [4.78, 5) is 0.